The third-order valence-electron chi connectivity index (χ3n) is 4.30. The van der Waals surface area contributed by atoms with E-state index < -0.39 is 0 Å². The molecule has 2 aromatic heterocycles. The standard InChI is InChI=1S/C17H15ClN4O/c1-10-12(18)4-5-14-15(10)21-16(20-14)17(23)22-8-6-13-11(9-22)3-2-7-19-13/h2-5,7H,6,8-9H2,1H3,(H,20,21). The van der Waals surface area contributed by atoms with Gasteiger partial charge in [0.25, 0.3) is 5.91 Å². The Bertz CT molecular complexity index is 918. The van der Waals surface area contributed by atoms with Crippen molar-refractivity contribution >= 4 is 28.5 Å². The molecule has 0 fully saturated rings. The maximum atomic E-state index is 12.8. The molecule has 1 aliphatic rings. The lowest BCUT2D eigenvalue weighted by molar-refractivity contribution is 0.0722. The van der Waals surface area contributed by atoms with E-state index in [1.165, 1.54) is 0 Å². The number of hydrogen-bond donors (Lipinski definition) is 1. The fourth-order valence-electron chi connectivity index (χ4n) is 2.98. The molecule has 23 heavy (non-hydrogen) atoms. The second-order valence-electron chi connectivity index (χ2n) is 5.74. The molecule has 0 atom stereocenters. The highest BCUT2D eigenvalue weighted by molar-refractivity contribution is 6.32. The van der Waals surface area contributed by atoms with Crippen LogP contribution >= 0.6 is 11.6 Å². The molecule has 0 spiro atoms. The minimum Gasteiger partial charge on any atom is -0.334 e. The molecular formula is C17H15ClN4O. The van der Waals surface area contributed by atoms with Crippen molar-refractivity contribution in [1.82, 2.24) is 19.9 Å². The molecule has 5 nitrogen and oxygen atoms in total. The predicted molar refractivity (Wildman–Crippen MR) is 88.5 cm³/mol. The Morgan fingerprint density at radius 1 is 1.35 bits per heavy atom. The minimum atomic E-state index is -0.0915. The minimum absolute atomic E-state index is 0.0915. The van der Waals surface area contributed by atoms with Crippen molar-refractivity contribution in [1.29, 1.82) is 0 Å². The molecule has 3 heterocycles. The monoisotopic (exact) mass is 326 g/mol. The smallest absolute Gasteiger partial charge is 0.289 e. The highest BCUT2D eigenvalue weighted by atomic mass is 35.5. The van der Waals surface area contributed by atoms with Crippen molar-refractivity contribution in [3.05, 3.63) is 58.1 Å². The second kappa shape index (κ2) is 5.35. The third-order valence-corrected chi connectivity index (χ3v) is 4.71. The Morgan fingerprint density at radius 2 is 2.22 bits per heavy atom. The Kier molecular flexibility index (Phi) is 3.31. The first kappa shape index (κ1) is 14.2. The number of halogens is 1. The summed E-state index contributed by atoms with van der Waals surface area (Å²) in [6, 6.07) is 7.59. The Balaban J connectivity index is 1.66. The lowest BCUT2D eigenvalue weighted by Crippen LogP contribution is -2.36. The number of fused-ring (bicyclic) bond motifs is 2. The average molecular weight is 327 g/mol. The number of aromatic amines is 1. The van der Waals surface area contributed by atoms with Gasteiger partial charge >= 0.3 is 0 Å². The zero-order valence-electron chi connectivity index (χ0n) is 12.6. The molecule has 116 valence electrons. The summed E-state index contributed by atoms with van der Waals surface area (Å²) in [5, 5.41) is 0.654. The van der Waals surface area contributed by atoms with Crippen molar-refractivity contribution in [2.45, 2.75) is 19.9 Å². The molecule has 0 bridgehead atoms. The van der Waals surface area contributed by atoms with Crippen LogP contribution in [0.1, 0.15) is 27.4 Å². The van der Waals surface area contributed by atoms with Crippen LogP contribution in [0.15, 0.2) is 30.5 Å². The Morgan fingerprint density at radius 3 is 3.09 bits per heavy atom. The number of aromatic nitrogens is 3. The maximum Gasteiger partial charge on any atom is 0.289 e. The first-order valence-electron chi connectivity index (χ1n) is 7.50. The first-order chi connectivity index (χ1) is 11.1. The molecule has 0 unspecified atom stereocenters. The lowest BCUT2D eigenvalue weighted by atomic mass is 10.1. The van der Waals surface area contributed by atoms with Crippen molar-refractivity contribution in [2.75, 3.05) is 6.54 Å². The zero-order valence-corrected chi connectivity index (χ0v) is 13.4. The highest BCUT2D eigenvalue weighted by Crippen LogP contribution is 2.24. The normalized spacial score (nSPS) is 14.1. The molecule has 0 aliphatic carbocycles. The zero-order chi connectivity index (χ0) is 16.0. The van der Waals surface area contributed by atoms with E-state index >= 15 is 0 Å². The van der Waals surface area contributed by atoms with Gasteiger partial charge in [0.05, 0.1) is 11.0 Å². The molecule has 0 radical (unpaired) electrons. The fourth-order valence-corrected chi connectivity index (χ4v) is 3.13. The summed E-state index contributed by atoms with van der Waals surface area (Å²) in [5.74, 6) is 0.268. The summed E-state index contributed by atoms with van der Waals surface area (Å²) < 4.78 is 0. The van der Waals surface area contributed by atoms with Gasteiger partial charge < -0.3 is 9.88 Å². The van der Waals surface area contributed by atoms with Gasteiger partial charge in [0.2, 0.25) is 0 Å². The van der Waals surface area contributed by atoms with Crippen molar-refractivity contribution < 1.29 is 4.79 Å². The van der Waals surface area contributed by atoms with E-state index in [1.807, 2.05) is 31.2 Å². The molecule has 1 amide bonds. The molecule has 0 saturated heterocycles. The number of aryl methyl sites for hydroxylation is 1. The van der Waals surface area contributed by atoms with E-state index in [-0.39, 0.29) is 5.91 Å². The Hall–Kier alpha value is -2.40. The van der Waals surface area contributed by atoms with Gasteiger partial charge in [-0.3, -0.25) is 9.78 Å². The van der Waals surface area contributed by atoms with Gasteiger partial charge in [-0.1, -0.05) is 17.7 Å². The van der Waals surface area contributed by atoms with Gasteiger partial charge in [0.15, 0.2) is 5.82 Å². The van der Waals surface area contributed by atoms with E-state index in [0.717, 1.165) is 34.3 Å². The molecule has 1 aromatic carbocycles. The van der Waals surface area contributed by atoms with E-state index in [2.05, 4.69) is 15.0 Å². The highest BCUT2D eigenvalue weighted by Gasteiger charge is 2.24. The van der Waals surface area contributed by atoms with E-state index in [0.29, 0.717) is 23.9 Å². The van der Waals surface area contributed by atoms with Gasteiger partial charge in [-0.2, -0.15) is 0 Å². The number of nitrogens with one attached hydrogen (secondary N) is 1. The van der Waals surface area contributed by atoms with E-state index in [4.69, 9.17) is 11.6 Å². The summed E-state index contributed by atoms with van der Waals surface area (Å²) in [6.45, 7) is 3.13. The molecule has 1 aliphatic heterocycles. The molecule has 4 rings (SSSR count). The quantitative estimate of drug-likeness (QED) is 0.747. The van der Waals surface area contributed by atoms with Crippen LogP contribution in [0.3, 0.4) is 0 Å². The number of H-pyrrole nitrogens is 1. The van der Waals surface area contributed by atoms with Gasteiger partial charge in [-0.25, -0.2) is 4.98 Å². The molecule has 1 N–H and O–H groups in total. The van der Waals surface area contributed by atoms with Crippen LogP contribution in [0.2, 0.25) is 5.02 Å². The number of nitrogens with zero attached hydrogens (tertiary/aromatic N) is 3. The fraction of sp³-hybridized carbons (Fsp3) is 0.235. The number of carbonyl (C=O) groups is 1. The Labute approximate surface area is 138 Å². The predicted octanol–water partition coefficient (Wildman–Crippen LogP) is 3.12. The van der Waals surface area contributed by atoms with Crippen molar-refractivity contribution in [2.24, 2.45) is 0 Å². The average Bonchev–Trinajstić information content (AvgIpc) is 3.02. The third kappa shape index (κ3) is 2.37. The molecule has 0 saturated carbocycles. The van der Waals surface area contributed by atoms with Gasteiger partial charge in [0, 0.05) is 36.4 Å². The number of benzene rings is 1. The van der Waals surface area contributed by atoms with Gasteiger partial charge in [-0.15, -0.1) is 0 Å². The second-order valence-corrected chi connectivity index (χ2v) is 6.15. The summed E-state index contributed by atoms with van der Waals surface area (Å²) in [7, 11) is 0. The number of rotatable bonds is 1. The van der Waals surface area contributed by atoms with Crippen LogP contribution in [0.5, 0.6) is 0 Å². The van der Waals surface area contributed by atoms with Crippen LogP contribution in [-0.2, 0) is 13.0 Å². The molecular weight excluding hydrogens is 312 g/mol. The van der Waals surface area contributed by atoms with Gasteiger partial charge in [-0.05, 0) is 36.2 Å². The lowest BCUT2D eigenvalue weighted by Gasteiger charge is -2.27. The SMILES string of the molecule is Cc1c(Cl)ccc2[nH]c(C(=O)N3CCc4ncccc4C3)nc12. The summed E-state index contributed by atoms with van der Waals surface area (Å²) >= 11 is 6.13. The first-order valence-corrected chi connectivity index (χ1v) is 7.88. The largest absolute Gasteiger partial charge is 0.334 e. The number of imidazole rings is 1. The number of carbonyl (C=O) groups excluding carboxylic acids is 1. The van der Waals surface area contributed by atoms with Crippen LogP contribution in [0.4, 0.5) is 0 Å². The van der Waals surface area contributed by atoms with Crippen LogP contribution in [-0.4, -0.2) is 32.3 Å². The number of pyridine rings is 1. The van der Waals surface area contributed by atoms with Crippen LogP contribution < -0.4 is 0 Å². The van der Waals surface area contributed by atoms with E-state index in [1.54, 1.807) is 11.1 Å². The molecule has 3 aromatic rings. The maximum absolute atomic E-state index is 12.8. The summed E-state index contributed by atoms with van der Waals surface area (Å²) in [4.78, 5) is 26.5. The van der Waals surface area contributed by atoms with Crippen LogP contribution in [0.25, 0.3) is 11.0 Å². The van der Waals surface area contributed by atoms with Crippen LogP contribution in [0, 0.1) is 6.92 Å². The van der Waals surface area contributed by atoms with Crippen molar-refractivity contribution in [3.63, 3.8) is 0 Å². The van der Waals surface area contributed by atoms with E-state index in [9.17, 15) is 4.79 Å². The topological polar surface area (TPSA) is 61.9 Å². The molecule has 6 heteroatoms. The summed E-state index contributed by atoms with van der Waals surface area (Å²) in [6.07, 6.45) is 2.56. The summed E-state index contributed by atoms with van der Waals surface area (Å²) in [5.41, 5.74) is 4.63. The number of amides is 1. The van der Waals surface area contributed by atoms with Crippen molar-refractivity contribution in [3.8, 4) is 0 Å². The number of hydrogen-bond acceptors (Lipinski definition) is 3. The van der Waals surface area contributed by atoms with Gasteiger partial charge in [0.1, 0.15) is 0 Å².